The van der Waals surface area contributed by atoms with Crippen molar-refractivity contribution >= 4 is 23.1 Å². The number of nitrogens with zero attached hydrogens (tertiary/aromatic N) is 1. The molecule has 4 heteroatoms. The van der Waals surface area contributed by atoms with Gasteiger partial charge in [0.05, 0.1) is 0 Å². The van der Waals surface area contributed by atoms with Crippen LogP contribution in [-0.4, -0.2) is 28.9 Å². The van der Waals surface area contributed by atoms with Crippen LogP contribution in [0.15, 0.2) is 24.3 Å². The van der Waals surface area contributed by atoms with Gasteiger partial charge in [0.15, 0.2) is 0 Å². The van der Waals surface area contributed by atoms with Gasteiger partial charge in [-0.25, -0.2) is 0 Å². The van der Waals surface area contributed by atoms with Crippen LogP contribution in [0.4, 0.5) is 0 Å². The van der Waals surface area contributed by atoms with Gasteiger partial charge in [-0.2, -0.15) is 0 Å². The predicted molar refractivity (Wildman–Crippen MR) is 76.6 cm³/mol. The van der Waals surface area contributed by atoms with Gasteiger partial charge >= 0.3 is 0 Å². The first kappa shape index (κ1) is 13.0. The Hall–Kier alpha value is -1.42. The Morgan fingerprint density at radius 1 is 1.33 bits per heavy atom. The highest BCUT2D eigenvalue weighted by atomic mass is 32.1. The van der Waals surface area contributed by atoms with Gasteiger partial charge < -0.3 is 10.6 Å². The molecule has 0 spiro atoms. The summed E-state index contributed by atoms with van der Waals surface area (Å²) in [5.74, 6) is 0.735. The van der Waals surface area contributed by atoms with Crippen molar-refractivity contribution in [1.29, 1.82) is 0 Å². The SMILES string of the molecule is CC(C1CC1)N(C)C(=O)c1ccc(C(N)=S)cc1. The highest BCUT2D eigenvalue weighted by Crippen LogP contribution is 2.35. The number of amides is 1. The summed E-state index contributed by atoms with van der Waals surface area (Å²) in [4.78, 5) is 14.4. The molecule has 1 amide bonds. The molecule has 96 valence electrons. The third-order valence-electron chi connectivity index (χ3n) is 3.65. The third-order valence-corrected chi connectivity index (χ3v) is 3.89. The normalized spacial score (nSPS) is 16.1. The first-order chi connectivity index (χ1) is 8.50. The zero-order chi connectivity index (χ0) is 13.3. The lowest BCUT2D eigenvalue weighted by Crippen LogP contribution is -2.36. The molecule has 0 aliphatic heterocycles. The quantitative estimate of drug-likeness (QED) is 0.846. The van der Waals surface area contributed by atoms with Crippen molar-refractivity contribution in [2.24, 2.45) is 11.7 Å². The zero-order valence-electron chi connectivity index (χ0n) is 10.7. The fourth-order valence-corrected chi connectivity index (χ4v) is 2.20. The first-order valence-corrected chi connectivity index (χ1v) is 6.58. The third kappa shape index (κ3) is 2.70. The summed E-state index contributed by atoms with van der Waals surface area (Å²) in [7, 11) is 1.87. The largest absolute Gasteiger partial charge is 0.389 e. The van der Waals surface area contributed by atoms with Gasteiger partial charge in [-0.1, -0.05) is 24.4 Å². The standard InChI is InChI=1S/C14H18N2OS/c1-9(10-3-4-10)16(2)14(17)12-7-5-11(6-8-12)13(15)18/h5-10H,3-4H2,1-2H3,(H2,15,18). The molecule has 0 saturated heterocycles. The number of nitrogens with two attached hydrogens (primary N) is 1. The van der Waals surface area contributed by atoms with Crippen molar-refractivity contribution in [3.05, 3.63) is 35.4 Å². The molecule has 1 aliphatic carbocycles. The van der Waals surface area contributed by atoms with Crippen LogP contribution in [0.1, 0.15) is 35.7 Å². The Labute approximate surface area is 113 Å². The number of carbonyl (C=O) groups excluding carboxylic acids is 1. The second-order valence-corrected chi connectivity index (χ2v) is 5.38. The van der Waals surface area contributed by atoms with Crippen LogP contribution in [-0.2, 0) is 0 Å². The van der Waals surface area contributed by atoms with Crippen LogP contribution >= 0.6 is 12.2 Å². The van der Waals surface area contributed by atoms with E-state index in [0.29, 0.717) is 22.5 Å². The van der Waals surface area contributed by atoms with E-state index < -0.39 is 0 Å². The molecule has 1 saturated carbocycles. The maximum absolute atomic E-state index is 12.3. The smallest absolute Gasteiger partial charge is 0.253 e. The molecule has 1 aromatic carbocycles. The molecule has 2 rings (SSSR count). The summed E-state index contributed by atoms with van der Waals surface area (Å²) >= 11 is 4.89. The molecule has 0 radical (unpaired) electrons. The molecule has 1 fully saturated rings. The predicted octanol–water partition coefficient (Wildman–Crippen LogP) is 2.19. The minimum absolute atomic E-state index is 0.0592. The molecular weight excluding hydrogens is 244 g/mol. The van der Waals surface area contributed by atoms with Gasteiger partial charge in [-0.05, 0) is 37.8 Å². The van der Waals surface area contributed by atoms with Crippen molar-refractivity contribution in [2.75, 3.05) is 7.05 Å². The topological polar surface area (TPSA) is 46.3 Å². The van der Waals surface area contributed by atoms with Gasteiger partial charge in [0.25, 0.3) is 5.91 Å². The van der Waals surface area contributed by atoms with Crippen molar-refractivity contribution < 1.29 is 4.79 Å². The highest BCUT2D eigenvalue weighted by molar-refractivity contribution is 7.80. The van der Waals surface area contributed by atoms with Crippen LogP contribution in [0.25, 0.3) is 0 Å². The molecule has 1 aromatic rings. The maximum atomic E-state index is 12.3. The summed E-state index contributed by atoms with van der Waals surface area (Å²) < 4.78 is 0. The van der Waals surface area contributed by atoms with E-state index in [1.54, 1.807) is 24.3 Å². The van der Waals surface area contributed by atoms with Crippen molar-refractivity contribution in [3.8, 4) is 0 Å². The van der Waals surface area contributed by atoms with Crippen LogP contribution < -0.4 is 5.73 Å². The van der Waals surface area contributed by atoms with Gasteiger partial charge in [0, 0.05) is 24.2 Å². The highest BCUT2D eigenvalue weighted by Gasteiger charge is 2.32. The molecule has 0 aromatic heterocycles. The average Bonchev–Trinajstić information content (AvgIpc) is 3.20. The van der Waals surface area contributed by atoms with E-state index in [4.69, 9.17) is 18.0 Å². The zero-order valence-corrected chi connectivity index (χ0v) is 11.5. The number of hydrogen-bond acceptors (Lipinski definition) is 2. The van der Waals surface area contributed by atoms with Crippen molar-refractivity contribution in [1.82, 2.24) is 4.90 Å². The molecular formula is C14H18N2OS. The Morgan fingerprint density at radius 3 is 2.28 bits per heavy atom. The van der Waals surface area contributed by atoms with Gasteiger partial charge in [0.2, 0.25) is 0 Å². The monoisotopic (exact) mass is 262 g/mol. The fraction of sp³-hybridized carbons (Fsp3) is 0.429. The summed E-state index contributed by atoms with van der Waals surface area (Å²) in [5, 5.41) is 0. The number of carbonyl (C=O) groups is 1. The van der Waals surface area contributed by atoms with Crippen LogP contribution in [0.3, 0.4) is 0 Å². The van der Waals surface area contributed by atoms with Gasteiger partial charge in [0.1, 0.15) is 4.99 Å². The minimum atomic E-state index is 0.0592. The molecule has 2 N–H and O–H groups in total. The van der Waals surface area contributed by atoms with Gasteiger partial charge in [-0.3, -0.25) is 4.79 Å². The lowest BCUT2D eigenvalue weighted by molar-refractivity contribution is 0.0727. The lowest BCUT2D eigenvalue weighted by atomic mass is 10.1. The van der Waals surface area contributed by atoms with E-state index in [-0.39, 0.29) is 5.91 Å². The Kier molecular flexibility index (Phi) is 3.66. The van der Waals surface area contributed by atoms with E-state index >= 15 is 0 Å². The molecule has 1 aliphatic rings. The van der Waals surface area contributed by atoms with E-state index in [1.165, 1.54) is 12.8 Å². The number of hydrogen-bond donors (Lipinski definition) is 1. The van der Waals surface area contributed by atoms with E-state index in [1.807, 2.05) is 11.9 Å². The molecule has 0 bridgehead atoms. The Bertz CT molecular complexity index is 465. The summed E-state index contributed by atoms with van der Waals surface area (Å²) in [5.41, 5.74) is 7.01. The molecule has 18 heavy (non-hydrogen) atoms. The second kappa shape index (κ2) is 5.06. The van der Waals surface area contributed by atoms with E-state index in [9.17, 15) is 4.79 Å². The molecule has 0 heterocycles. The fourth-order valence-electron chi connectivity index (χ4n) is 2.06. The van der Waals surface area contributed by atoms with E-state index in [0.717, 1.165) is 5.56 Å². The molecule has 1 unspecified atom stereocenters. The number of thiocarbonyl (C=S) groups is 1. The molecule has 1 atom stereocenters. The second-order valence-electron chi connectivity index (χ2n) is 4.94. The van der Waals surface area contributed by atoms with Crippen LogP contribution in [0, 0.1) is 5.92 Å². The van der Waals surface area contributed by atoms with Gasteiger partial charge in [-0.15, -0.1) is 0 Å². The minimum Gasteiger partial charge on any atom is -0.389 e. The Morgan fingerprint density at radius 2 is 1.83 bits per heavy atom. The van der Waals surface area contributed by atoms with Crippen LogP contribution in [0.5, 0.6) is 0 Å². The first-order valence-electron chi connectivity index (χ1n) is 6.17. The summed E-state index contributed by atoms with van der Waals surface area (Å²) in [6.45, 7) is 2.11. The Balaban J connectivity index is 2.10. The average molecular weight is 262 g/mol. The lowest BCUT2D eigenvalue weighted by Gasteiger charge is -2.25. The number of rotatable bonds is 4. The maximum Gasteiger partial charge on any atom is 0.253 e. The summed E-state index contributed by atoms with van der Waals surface area (Å²) in [6.07, 6.45) is 2.47. The number of benzene rings is 1. The van der Waals surface area contributed by atoms with Crippen LogP contribution in [0.2, 0.25) is 0 Å². The molecule has 3 nitrogen and oxygen atoms in total. The summed E-state index contributed by atoms with van der Waals surface area (Å²) in [6, 6.07) is 7.48. The van der Waals surface area contributed by atoms with Crippen molar-refractivity contribution in [2.45, 2.75) is 25.8 Å². The van der Waals surface area contributed by atoms with E-state index in [2.05, 4.69) is 6.92 Å². The van der Waals surface area contributed by atoms with Crippen molar-refractivity contribution in [3.63, 3.8) is 0 Å².